The average Bonchev–Trinajstić information content (AvgIpc) is 3.11. The maximum Gasteiger partial charge on any atom is 0.308 e. The van der Waals surface area contributed by atoms with Gasteiger partial charge < -0.3 is 21.1 Å². The highest BCUT2D eigenvalue weighted by Gasteiger charge is 2.31. The van der Waals surface area contributed by atoms with Crippen molar-refractivity contribution in [2.75, 3.05) is 5.73 Å². The molecule has 9 heteroatoms. The molecule has 4 rings (SSSR count). The van der Waals surface area contributed by atoms with Crippen molar-refractivity contribution in [1.29, 1.82) is 0 Å². The molecule has 6 N–H and O–H groups in total. The van der Waals surface area contributed by atoms with E-state index >= 15 is 0 Å². The SMILES string of the molecule is Nc1nc2[nH]cc(Cc3ccc(C(=O)NC4CCCCC4C(=O)O)cc3)c2c(=O)[nH]1. The van der Waals surface area contributed by atoms with Gasteiger partial charge in [0, 0.05) is 17.8 Å². The van der Waals surface area contributed by atoms with Crippen LogP contribution in [0.2, 0.25) is 0 Å². The van der Waals surface area contributed by atoms with Gasteiger partial charge in [-0.1, -0.05) is 25.0 Å². The largest absolute Gasteiger partial charge is 0.481 e. The van der Waals surface area contributed by atoms with Gasteiger partial charge in [-0.15, -0.1) is 0 Å². The number of rotatable bonds is 5. The molecule has 9 nitrogen and oxygen atoms in total. The number of aromatic amines is 2. The predicted octanol–water partition coefficient (Wildman–Crippen LogP) is 1.80. The van der Waals surface area contributed by atoms with Crippen molar-refractivity contribution in [3.63, 3.8) is 0 Å². The lowest BCUT2D eigenvalue weighted by Crippen LogP contribution is -2.45. The molecule has 0 bridgehead atoms. The Labute approximate surface area is 171 Å². The lowest BCUT2D eigenvalue weighted by atomic mass is 9.84. The highest BCUT2D eigenvalue weighted by atomic mass is 16.4. The minimum absolute atomic E-state index is 0.0550. The number of benzene rings is 1. The molecule has 156 valence electrons. The highest BCUT2D eigenvalue weighted by Crippen LogP contribution is 2.25. The lowest BCUT2D eigenvalue weighted by Gasteiger charge is -2.29. The van der Waals surface area contributed by atoms with Crippen LogP contribution in [-0.4, -0.2) is 38.0 Å². The number of carbonyl (C=O) groups is 2. The van der Waals surface area contributed by atoms with Gasteiger partial charge in [0.25, 0.3) is 11.5 Å². The first-order valence-corrected chi connectivity index (χ1v) is 9.90. The van der Waals surface area contributed by atoms with Gasteiger partial charge in [0.15, 0.2) is 0 Å². The molecule has 1 fully saturated rings. The summed E-state index contributed by atoms with van der Waals surface area (Å²) in [5.41, 5.74) is 7.87. The van der Waals surface area contributed by atoms with E-state index in [9.17, 15) is 19.5 Å². The Morgan fingerprint density at radius 1 is 1.20 bits per heavy atom. The zero-order chi connectivity index (χ0) is 21.3. The summed E-state index contributed by atoms with van der Waals surface area (Å²) in [7, 11) is 0. The summed E-state index contributed by atoms with van der Waals surface area (Å²) in [6.07, 6.45) is 5.26. The number of carboxylic acid groups (broad SMARTS) is 1. The Hall–Kier alpha value is -3.62. The van der Waals surface area contributed by atoms with Gasteiger partial charge in [-0.05, 0) is 42.5 Å². The fourth-order valence-corrected chi connectivity index (χ4v) is 4.10. The summed E-state index contributed by atoms with van der Waals surface area (Å²) in [5, 5.41) is 12.7. The van der Waals surface area contributed by atoms with Crippen molar-refractivity contribution in [3.05, 3.63) is 57.5 Å². The molecular weight excluding hydrogens is 386 g/mol. The molecule has 0 radical (unpaired) electrons. The van der Waals surface area contributed by atoms with Gasteiger partial charge in [0.05, 0.1) is 11.3 Å². The van der Waals surface area contributed by atoms with E-state index in [1.165, 1.54) is 0 Å². The number of amides is 1. The molecule has 30 heavy (non-hydrogen) atoms. The van der Waals surface area contributed by atoms with Gasteiger partial charge >= 0.3 is 5.97 Å². The Morgan fingerprint density at radius 2 is 1.93 bits per heavy atom. The van der Waals surface area contributed by atoms with Crippen LogP contribution in [0.1, 0.15) is 47.2 Å². The average molecular weight is 409 g/mol. The third-order valence-corrected chi connectivity index (χ3v) is 5.65. The molecule has 0 aliphatic heterocycles. The summed E-state index contributed by atoms with van der Waals surface area (Å²) in [6, 6.07) is 6.71. The van der Waals surface area contributed by atoms with Gasteiger partial charge in [0.1, 0.15) is 5.65 Å². The summed E-state index contributed by atoms with van der Waals surface area (Å²) in [6.45, 7) is 0. The predicted molar refractivity (Wildman–Crippen MR) is 111 cm³/mol. The summed E-state index contributed by atoms with van der Waals surface area (Å²) < 4.78 is 0. The molecule has 1 saturated carbocycles. The van der Waals surface area contributed by atoms with E-state index < -0.39 is 11.9 Å². The number of carbonyl (C=O) groups excluding carboxylic acids is 1. The van der Waals surface area contributed by atoms with E-state index in [4.69, 9.17) is 5.73 Å². The van der Waals surface area contributed by atoms with Gasteiger partial charge in [-0.3, -0.25) is 19.4 Å². The minimum Gasteiger partial charge on any atom is -0.481 e. The van der Waals surface area contributed by atoms with Crippen LogP contribution in [0.3, 0.4) is 0 Å². The number of anilines is 1. The third kappa shape index (κ3) is 3.91. The lowest BCUT2D eigenvalue weighted by molar-refractivity contribution is -0.143. The number of aliphatic carboxylic acids is 1. The number of aromatic nitrogens is 3. The van der Waals surface area contributed by atoms with Crippen LogP contribution in [0.15, 0.2) is 35.3 Å². The van der Waals surface area contributed by atoms with E-state index in [1.54, 1.807) is 18.3 Å². The quantitative estimate of drug-likeness (QED) is 0.433. The van der Waals surface area contributed by atoms with Gasteiger partial charge in [-0.25, -0.2) is 0 Å². The minimum atomic E-state index is -0.861. The Bertz CT molecular complexity index is 1150. The smallest absolute Gasteiger partial charge is 0.308 e. The van der Waals surface area contributed by atoms with Crippen molar-refractivity contribution in [3.8, 4) is 0 Å². The summed E-state index contributed by atoms with van der Waals surface area (Å²) in [4.78, 5) is 45.7. The van der Waals surface area contributed by atoms with Crippen molar-refractivity contribution >= 4 is 28.9 Å². The Morgan fingerprint density at radius 3 is 2.67 bits per heavy atom. The first-order chi connectivity index (χ1) is 14.4. The van der Waals surface area contributed by atoms with Crippen LogP contribution >= 0.6 is 0 Å². The molecule has 0 saturated heterocycles. The monoisotopic (exact) mass is 409 g/mol. The molecule has 1 aromatic carbocycles. The van der Waals surface area contributed by atoms with Crippen molar-refractivity contribution < 1.29 is 14.7 Å². The van der Waals surface area contributed by atoms with Crippen LogP contribution < -0.4 is 16.6 Å². The zero-order valence-corrected chi connectivity index (χ0v) is 16.3. The fraction of sp³-hybridized carbons (Fsp3) is 0.333. The Balaban J connectivity index is 1.47. The van der Waals surface area contributed by atoms with E-state index in [0.717, 1.165) is 24.0 Å². The number of carboxylic acids is 1. The van der Waals surface area contributed by atoms with Gasteiger partial charge in [-0.2, -0.15) is 4.98 Å². The third-order valence-electron chi connectivity index (χ3n) is 5.65. The van der Waals surface area contributed by atoms with Crippen molar-refractivity contribution in [1.82, 2.24) is 20.3 Å². The molecule has 2 atom stereocenters. The second-order valence-corrected chi connectivity index (χ2v) is 7.67. The molecule has 1 aliphatic rings. The van der Waals surface area contributed by atoms with E-state index in [0.29, 0.717) is 35.9 Å². The van der Waals surface area contributed by atoms with Crippen molar-refractivity contribution in [2.24, 2.45) is 5.92 Å². The van der Waals surface area contributed by atoms with E-state index in [2.05, 4.69) is 20.3 Å². The van der Waals surface area contributed by atoms with Crippen LogP contribution in [0.25, 0.3) is 11.0 Å². The number of hydrogen-bond acceptors (Lipinski definition) is 5. The molecular formula is C21H23N5O4. The van der Waals surface area contributed by atoms with Crippen LogP contribution in [0.4, 0.5) is 5.95 Å². The van der Waals surface area contributed by atoms with Crippen LogP contribution in [0.5, 0.6) is 0 Å². The van der Waals surface area contributed by atoms with Crippen molar-refractivity contribution in [2.45, 2.75) is 38.1 Å². The maximum atomic E-state index is 12.6. The van der Waals surface area contributed by atoms with Crippen LogP contribution in [0, 0.1) is 5.92 Å². The molecule has 1 amide bonds. The number of nitrogen functional groups attached to an aromatic ring is 1. The summed E-state index contributed by atoms with van der Waals surface area (Å²) >= 11 is 0. The number of H-pyrrole nitrogens is 2. The van der Waals surface area contributed by atoms with E-state index in [1.807, 2.05) is 12.1 Å². The second-order valence-electron chi connectivity index (χ2n) is 7.67. The molecule has 1 aliphatic carbocycles. The van der Waals surface area contributed by atoms with Gasteiger partial charge in [0.2, 0.25) is 5.95 Å². The number of fused-ring (bicyclic) bond motifs is 1. The van der Waals surface area contributed by atoms with Crippen LogP contribution in [-0.2, 0) is 11.2 Å². The second kappa shape index (κ2) is 8.02. The highest BCUT2D eigenvalue weighted by molar-refractivity contribution is 5.94. The van der Waals surface area contributed by atoms with E-state index in [-0.39, 0.29) is 23.5 Å². The number of nitrogens with two attached hydrogens (primary N) is 1. The standard InChI is InChI=1S/C21H23N5O4/c22-21-25-17-16(19(28)26-21)13(10-23-17)9-11-5-7-12(8-6-11)18(27)24-15-4-2-1-3-14(15)20(29)30/h5-8,10,14-15H,1-4,9H2,(H,24,27)(H,29,30)(H4,22,23,25,26,28). The number of hydrogen-bond donors (Lipinski definition) is 5. The molecule has 0 spiro atoms. The topological polar surface area (TPSA) is 154 Å². The molecule has 2 aromatic heterocycles. The molecule has 2 unspecified atom stereocenters. The normalized spacial score (nSPS) is 18.9. The molecule has 3 aromatic rings. The first kappa shape index (κ1) is 19.7. The first-order valence-electron chi connectivity index (χ1n) is 9.90. The zero-order valence-electron chi connectivity index (χ0n) is 16.3. The Kier molecular flexibility index (Phi) is 5.26. The number of nitrogens with one attached hydrogen (secondary N) is 3. The fourth-order valence-electron chi connectivity index (χ4n) is 4.10. The number of nitrogens with zero attached hydrogens (tertiary/aromatic N) is 1. The maximum absolute atomic E-state index is 12.6. The summed E-state index contributed by atoms with van der Waals surface area (Å²) in [5.74, 6) is -1.62. The molecule has 2 heterocycles.